The van der Waals surface area contributed by atoms with Crippen LogP contribution in [0.1, 0.15) is 43.7 Å². The monoisotopic (exact) mass is 283 g/mol. The molecule has 1 atom stereocenters. The third-order valence-electron chi connectivity index (χ3n) is 4.53. The van der Waals surface area contributed by atoms with Gasteiger partial charge in [-0.1, -0.05) is 0 Å². The van der Waals surface area contributed by atoms with Crippen LogP contribution in [0.2, 0.25) is 0 Å². The SMILES string of the molecule is O=C(C1CCC(F)(F)CC1)N1CC[C@H](c2ccn[nH]2)C1. The van der Waals surface area contributed by atoms with E-state index in [4.69, 9.17) is 0 Å². The minimum Gasteiger partial charge on any atom is -0.342 e. The van der Waals surface area contributed by atoms with E-state index in [2.05, 4.69) is 10.2 Å². The molecule has 0 bridgehead atoms. The van der Waals surface area contributed by atoms with Gasteiger partial charge in [-0.2, -0.15) is 5.10 Å². The van der Waals surface area contributed by atoms with Gasteiger partial charge in [0.15, 0.2) is 0 Å². The number of H-pyrrole nitrogens is 1. The summed E-state index contributed by atoms with van der Waals surface area (Å²) in [6.07, 6.45) is 2.95. The van der Waals surface area contributed by atoms with Crippen LogP contribution in [-0.2, 0) is 4.79 Å². The van der Waals surface area contributed by atoms with Gasteiger partial charge in [0.2, 0.25) is 11.8 Å². The largest absolute Gasteiger partial charge is 0.342 e. The molecule has 4 nitrogen and oxygen atoms in total. The van der Waals surface area contributed by atoms with E-state index in [9.17, 15) is 13.6 Å². The van der Waals surface area contributed by atoms with E-state index in [0.717, 1.165) is 18.7 Å². The molecule has 1 amide bonds. The molecule has 0 aromatic carbocycles. The van der Waals surface area contributed by atoms with Gasteiger partial charge in [-0.3, -0.25) is 9.89 Å². The normalized spacial score (nSPS) is 26.9. The van der Waals surface area contributed by atoms with Gasteiger partial charge >= 0.3 is 0 Å². The van der Waals surface area contributed by atoms with E-state index < -0.39 is 5.92 Å². The van der Waals surface area contributed by atoms with Gasteiger partial charge in [0.05, 0.1) is 0 Å². The summed E-state index contributed by atoms with van der Waals surface area (Å²) in [5.74, 6) is -2.43. The number of amides is 1. The van der Waals surface area contributed by atoms with Crippen molar-refractivity contribution >= 4 is 5.91 Å². The molecule has 0 radical (unpaired) electrons. The Labute approximate surface area is 116 Å². The molecule has 1 aliphatic heterocycles. The van der Waals surface area contributed by atoms with Crippen LogP contribution in [0.5, 0.6) is 0 Å². The third-order valence-corrected chi connectivity index (χ3v) is 4.53. The molecule has 2 fully saturated rings. The fourth-order valence-electron chi connectivity index (χ4n) is 3.25. The highest BCUT2D eigenvalue weighted by Gasteiger charge is 2.40. The van der Waals surface area contributed by atoms with Crippen molar-refractivity contribution in [1.29, 1.82) is 0 Å². The first kappa shape index (κ1) is 13.5. The van der Waals surface area contributed by atoms with E-state index in [-0.39, 0.29) is 24.7 Å². The molecule has 1 aromatic heterocycles. The zero-order valence-corrected chi connectivity index (χ0v) is 11.3. The van der Waals surface area contributed by atoms with Crippen molar-refractivity contribution in [2.45, 2.75) is 43.9 Å². The van der Waals surface area contributed by atoms with Crippen LogP contribution >= 0.6 is 0 Å². The molecule has 0 unspecified atom stereocenters. The molecular weight excluding hydrogens is 264 g/mol. The highest BCUT2D eigenvalue weighted by molar-refractivity contribution is 5.79. The number of nitrogens with one attached hydrogen (secondary N) is 1. The number of halogens is 2. The number of aromatic amines is 1. The predicted octanol–water partition coefficient (Wildman–Crippen LogP) is 2.55. The summed E-state index contributed by atoms with van der Waals surface area (Å²) in [6.45, 7) is 1.39. The first-order chi connectivity index (χ1) is 9.55. The molecule has 6 heteroatoms. The average molecular weight is 283 g/mol. The number of nitrogens with zero attached hydrogens (tertiary/aromatic N) is 2. The zero-order valence-electron chi connectivity index (χ0n) is 11.3. The molecule has 2 aliphatic rings. The molecule has 1 aromatic rings. The summed E-state index contributed by atoms with van der Waals surface area (Å²) < 4.78 is 26.3. The van der Waals surface area contributed by atoms with Gasteiger partial charge in [0.1, 0.15) is 0 Å². The Hall–Kier alpha value is -1.46. The molecule has 1 saturated carbocycles. The molecule has 1 saturated heterocycles. The molecule has 0 spiro atoms. The second-order valence-electron chi connectivity index (χ2n) is 5.91. The first-order valence-corrected chi connectivity index (χ1v) is 7.21. The summed E-state index contributed by atoms with van der Waals surface area (Å²) in [5, 5.41) is 6.87. The Balaban J connectivity index is 1.57. The third kappa shape index (κ3) is 2.69. The van der Waals surface area contributed by atoms with Gasteiger partial charge in [0, 0.05) is 49.7 Å². The number of alkyl halides is 2. The summed E-state index contributed by atoms with van der Waals surface area (Å²) in [5.41, 5.74) is 1.05. The van der Waals surface area contributed by atoms with Crippen LogP contribution in [0.25, 0.3) is 0 Å². The van der Waals surface area contributed by atoms with Crippen LogP contribution in [0.4, 0.5) is 8.78 Å². The van der Waals surface area contributed by atoms with Gasteiger partial charge in [-0.25, -0.2) is 8.78 Å². The quantitative estimate of drug-likeness (QED) is 0.906. The maximum atomic E-state index is 13.1. The highest BCUT2D eigenvalue weighted by Crippen LogP contribution is 2.37. The summed E-state index contributed by atoms with van der Waals surface area (Å²) in [6, 6.07) is 1.93. The molecule has 1 N–H and O–H groups in total. The van der Waals surface area contributed by atoms with Crippen molar-refractivity contribution in [2.75, 3.05) is 13.1 Å². The van der Waals surface area contributed by atoms with E-state index in [0.29, 0.717) is 25.3 Å². The van der Waals surface area contributed by atoms with Crippen molar-refractivity contribution in [3.8, 4) is 0 Å². The summed E-state index contributed by atoms with van der Waals surface area (Å²) in [7, 11) is 0. The number of carbonyl (C=O) groups is 1. The zero-order chi connectivity index (χ0) is 14.2. The molecule has 20 heavy (non-hydrogen) atoms. The predicted molar refractivity (Wildman–Crippen MR) is 69.4 cm³/mol. The number of likely N-dealkylation sites (tertiary alicyclic amines) is 1. The summed E-state index contributed by atoms with van der Waals surface area (Å²) >= 11 is 0. The second kappa shape index (κ2) is 5.14. The van der Waals surface area contributed by atoms with Crippen LogP contribution in [0, 0.1) is 5.92 Å². The maximum absolute atomic E-state index is 13.1. The van der Waals surface area contributed by atoms with Gasteiger partial charge in [0.25, 0.3) is 0 Å². The van der Waals surface area contributed by atoms with Crippen molar-refractivity contribution in [3.05, 3.63) is 18.0 Å². The molecule has 3 rings (SSSR count). The Bertz CT molecular complexity index is 465. The fraction of sp³-hybridized carbons (Fsp3) is 0.714. The first-order valence-electron chi connectivity index (χ1n) is 7.21. The van der Waals surface area contributed by atoms with Gasteiger partial charge in [-0.15, -0.1) is 0 Å². The van der Waals surface area contributed by atoms with Gasteiger partial charge < -0.3 is 4.90 Å². The Morgan fingerprint density at radius 2 is 2.10 bits per heavy atom. The minimum atomic E-state index is -2.57. The number of hydrogen-bond acceptors (Lipinski definition) is 2. The van der Waals surface area contributed by atoms with Crippen LogP contribution in [0.15, 0.2) is 12.3 Å². The standard InChI is InChI=1S/C14H19F2N3O/c15-14(16)5-1-10(2-6-14)13(20)19-8-4-11(9-19)12-3-7-17-18-12/h3,7,10-11H,1-2,4-6,8-9H2,(H,17,18)/t11-/m0/s1. The van der Waals surface area contributed by atoms with E-state index >= 15 is 0 Å². The van der Waals surface area contributed by atoms with E-state index in [1.165, 1.54) is 0 Å². The van der Waals surface area contributed by atoms with E-state index in [1.54, 1.807) is 6.20 Å². The Morgan fingerprint density at radius 3 is 2.75 bits per heavy atom. The van der Waals surface area contributed by atoms with E-state index in [1.807, 2.05) is 11.0 Å². The van der Waals surface area contributed by atoms with Crippen molar-refractivity contribution < 1.29 is 13.6 Å². The molecule has 110 valence electrons. The lowest BCUT2D eigenvalue weighted by Crippen LogP contribution is -2.38. The maximum Gasteiger partial charge on any atom is 0.248 e. The number of hydrogen-bond donors (Lipinski definition) is 1. The number of carbonyl (C=O) groups excluding carboxylic acids is 1. The molecule has 1 aliphatic carbocycles. The second-order valence-corrected chi connectivity index (χ2v) is 5.91. The molecular formula is C14H19F2N3O. The molecule has 2 heterocycles. The topological polar surface area (TPSA) is 49.0 Å². The van der Waals surface area contributed by atoms with Gasteiger partial charge in [-0.05, 0) is 25.3 Å². The van der Waals surface area contributed by atoms with Crippen LogP contribution in [-0.4, -0.2) is 40.0 Å². The highest BCUT2D eigenvalue weighted by atomic mass is 19.3. The minimum absolute atomic E-state index is 0.0579. The van der Waals surface area contributed by atoms with Crippen LogP contribution < -0.4 is 0 Å². The smallest absolute Gasteiger partial charge is 0.248 e. The van der Waals surface area contributed by atoms with Crippen LogP contribution in [0.3, 0.4) is 0 Å². The number of rotatable bonds is 2. The lowest BCUT2D eigenvalue weighted by Gasteiger charge is -2.30. The van der Waals surface area contributed by atoms with Crippen molar-refractivity contribution in [2.24, 2.45) is 5.92 Å². The van der Waals surface area contributed by atoms with Crippen molar-refractivity contribution in [3.63, 3.8) is 0 Å². The fourth-order valence-corrected chi connectivity index (χ4v) is 3.25. The lowest BCUT2D eigenvalue weighted by atomic mass is 9.86. The summed E-state index contributed by atoms with van der Waals surface area (Å²) in [4.78, 5) is 14.2. The van der Waals surface area contributed by atoms with Crippen molar-refractivity contribution in [1.82, 2.24) is 15.1 Å². The Kier molecular flexibility index (Phi) is 3.48. The lowest BCUT2D eigenvalue weighted by molar-refractivity contribution is -0.138. The number of aromatic nitrogens is 2. The average Bonchev–Trinajstić information content (AvgIpc) is 3.09. The Morgan fingerprint density at radius 1 is 1.35 bits per heavy atom.